The number of nitrogens with one attached hydrogen (secondary N) is 1. The largest absolute Gasteiger partial charge is 0.396 e. The molecule has 0 spiro atoms. The van der Waals surface area contributed by atoms with Crippen molar-refractivity contribution >= 4 is 17.2 Å². The minimum Gasteiger partial charge on any atom is -0.396 e. The number of carbonyl (C=O) groups excluding carboxylic acids is 1. The molecule has 1 aromatic rings. The fourth-order valence-electron chi connectivity index (χ4n) is 4.42. The van der Waals surface area contributed by atoms with E-state index >= 15 is 0 Å². The van der Waals surface area contributed by atoms with E-state index in [1.165, 1.54) is 4.88 Å². The van der Waals surface area contributed by atoms with Gasteiger partial charge in [0.15, 0.2) is 0 Å². The first-order valence-corrected chi connectivity index (χ1v) is 8.45. The Kier molecular flexibility index (Phi) is 3.84. The van der Waals surface area contributed by atoms with Crippen LogP contribution in [0.5, 0.6) is 0 Å². The molecule has 1 aliphatic heterocycles. The van der Waals surface area contributed by atoms with Gasteiger partial charge in [-0.1, -0.05) is 19.9 Å². The summed E-state index contributed by atoms with van der Waals surface area (Å²) >= 11 is 1.66. The molecule has 3 rings (SSSR count). The Morgan fingerprint density at radius 1 is 1.57 bits per heavy atom. The van der Waals surface area contributed by atoms with Gasteiger partial charge in [0, 0.05) is 23.4 Å². The summed E-state index contributed by atoms with van der Waals surface area (Å²) in [6.07, 6.45) is 1.06. The third-order valence-electron chi connectivity index (χ3n) is 5.19. The zero-order valence-corrected chi connectivity index (χ0v) is 13.6. The molecular formula is C16H24N2O2S. The van der Waals surface area contributed by atoms with Crippen LogP contribution in [0.25, 0.3) is 0 Å². The van der Waals surface area contributed by atoms with Crippen LogP contribution in [0.3, 0.4) is 0 Å². The van der Waals surface area contributed by atoms with E-state index in [1.807, 2.05) is 17.5 Å². The number of hydrogen-bond donors (Lipinski definition) is 2. The van der Waals surface area contributed by atoms with E-state index in [4.69, 9.17) is 0 Å². The number of aliphatic hydroxyl groups is 1. The number of likely N-dealkylation sites (tertiary alicyclic amines) is 1. The molecule has 21 heavy (non-hydrogen) atoms. The molecule has 1 saturated heterocycles. The second-order valence-corrected chi connectivity index (χ2v) is 8.30. The number of amides is 1. The van der Waals surface area contributed by atoms with Crippen LogP contribution in [0, 0.1) is 16.7 Å². The summed E-state index contributed by atoms with van der Waals surface area (Å²) in [5.74, 6) is 0.593. The van der Waals surface area contributed by atoms with Crippen LogP contribution in [0.1, 0.15) is 25.1 Å². The van der Waals surface area contributed by atoms with Gasteiger partial charge in [0.1, 0.15) is 0 Å². The third kappa shape index (κ3) is 2.74. The quantitative estimate of drug-likeness (QED) is 0.870. The van der Waals surface area contributed by atoms with Crippen molar-refractivity contribution in [3.63, 3.8) is 0 Å². The average Bonchev–Trinajstić information content (AvgIpc) is 3.03. The molecule has 4 nitrogen and oxygen atoms in total. The molecule has 2 fully saturated rings. The second kappa shape index (κ2) is 5.38. The summed E-state index contributed by atoms with van der Waals surface area (Å²) in [7, 11) is 0. The van der Waals surface area contributed by atoms with Gasteiger partial charge in [-0.05, 0) is 29.2 Å². The lowest BCUT2D eigenvalue weighted by molar-refractivity contribution is -0.122. The fraction of sp³-hybridized carbons (Fsp3) is 0.688. The van der Waals surface area contributed by atoms with Crippen molar-refractivity contribution in [3.8, 4) is 0 Å². The number of fused-ring (bicyclic) bond motifs is 1. The number of nitrogens with zero attached hydrogens (tertiary/aromatic N) is 1. The Balaban J connectivity index is 1.51. The van der Waals surface area contributed by atoms with Gasteiger partial charge in [0.05, 0.1) is 19.7 Å². The van der Waals surface area contributed by atoms with Gasteiger partial charge in [0.25, 0.3) is 0 Å². The minimum atomic E-state index is 0.0392. The number of rotatable bonds is 5. The van der Waals surface area contributed by atoms with Gasteiger partial charge < -0.3 is 10.4 Å². The van der Waals surface area contributed by atoms with Crippen molar-refractivity contribution in [3.05, 3.63) is 22.4 Å². The van der Waals surface area contributed by atoms with Crippen LogP contribution in [-0.2, 0) is 11.3 Å². The number of thiophene rings is 1. The van der Waals surface area contributed by atoms with Crippen LogP contribution >= 0.6 is 11.3 Å². The summed E-state index contributed by atoms with van der Waals surface area (Å²) in [5, 5.41) is 14.7. The smallest absolute Gasteiger partial charge is 0.234 e. The van der Waals surface area contributed by atoms with E-state index in [0.29, 0.717) is 24.4 Å². The Labute approximate surface area is 130 Å². The average molecular weight is 308 g/mol. The molecule has 0 bridgehead atoms. The Morgan fingerprint density at radius 2 is 2.38 bits per heavy atom. The maximum absolute atomic E-state index is 12.1. The van der Waals surface area contributed by atoms with E-state index in [1.54, 1.807) is 11.3 Å². The highest BCUT2D eigenvalue weighted by molar-refractivity contribution is 7.09. The highest BCUT2D eigenvalue weighted by Gasteiger charge is 2.62. The van der Waals surface area contributed by atoms with Crippen LogP contribution in [0.4, 0.5) is 0 Å². The lowest BCUT2D eigenvalue weighted by Crippen LogP contribution is -2.54. The summed E-state index contributed by atoms with van der Waals surface area (Å²) in [6, 6.07) is 4.03. The predicted molar refractivity (Wildman–Crippen MR) is 84.0 cm³/mol. The van der Waals surface area contributed by atoms with Gasteiger partial charge in [0.2, 0.25) is 5.91 Å². The van der Waals surface area contributed by atoms with Gasteiger partial charge in [-0.15, -0.1) is 11.3 Å². The monoisotopic (exact) mass is 308 g/mol. The van der Waals surface area contributed by atoms with Crippen molar-refractivity contribution in [1.29, 1.82) is 0 Å². The van der Waals surface area contributed by atoms with Gasteiger partial charge >= 0.3 is 0 Å². The minimum absolute atomic E-state index is 0.0392. The van der Waals surface area contributed by atoms with Crippen molar-refractivity contribution in [2.75, 3.05) is 26.2 Å². The predicted octanol–water partition coefficient (Wildman–Crippen LogP) is 1.70. The molecule has 2 heterocycles. The fourth-order valence-corrected chi connectivity index (χ4v) is 5.07. The molecule has 1 saturated carbocycles. The lowest BCUT2D eigenvalue weighted by Gasteiger charge is -2.56. The number of aliphatic hydroxyl groups excluding tert-OH is 1. The zero-order chi connectivity index (χ0) is 15.1. The Bertz CT molecular complexity index is 514. The zero-order valence-electron chi connectivity index (χ0n) is 12.8. The van der Waals surface area contributed by atoms with Gasteiger partial charge in [-0.25, -0.2) is 0 Å². The van der Waals surface area contributed by atoms with E-state index in [-0.39, 0.29) is 17.9 Å². The maximum Gasteiger partial charge on any atom is 0.234 e. The van der Waals surface area contributed by atoms with Crippen LogP contribution < -0.4 is 5.32 Å². The highest BCUT2D eigenvalue weighted by Crippen LogP contribution is 2.62. The van der Waals surface area contributed by atoms with Crippen molar-refractivity contribution in [2.45, 2.75) is 26.8 Å². The second-order valence-electron chi connectivity index (χ2n) is 7.26. The van der Waals surface area contributed by atoms with Crippen LogP contribution in [0.2, 0.25) is 0 Å². The Morgan fingerprint density at radius 3 is 2.95 bits per heavy atom. The van der Waals surface area contributed by atoms with E-state index < -0.39 is 0 Å². The molecule has 1 amide bonds. The SMILES string of the molecule is CC1(C)C[C@]2(CO)CN(CC(=O)NCc3cccs3)C[C@H]12. The van der Waals surface area contributed by atoms with Crippen LogP contribution in [0.15, 0.2) is 17.5 Å². The van der Waals surface area contributed by atoms with Crippen molar-refractivity contribution in [2.24, 2.45) is 16.7 Å². The number of carbonyl (C=O) groups is 1. The molecule has 0 aromatic carbocycles. The molecule has 0 radical (unpaired) electrons. The molecule has 2 atom stereocenters. The highest BCUT2D eigenvalue weighted by atomic mass is 32.1. The summed E-state index contributed by atoms with van der Waals surface area (Å²) < 4.78 is 0. The normalized spacial score (nSPS) is 30.7. The molecule has 1 aromatic heterocycles. The molecule has 5 heteroatoms. The lowest BCUT2D eigenvalue weighted by atomic mass is 9.48. The van der Waals surface area contributed by atoms with Crippen molar-refractivity contribution in [1.82, 2.24) is 10.2 Å². The van der Waals surface area contributed by atoms with Gasteiger partial charge in [-0.2, -0.15) is 0 Å². The first-order chi connectivity index (χ1) is 9.95. The van der Waals surface area contributed by atoms with Crippen molar-refractivity contribution < 1.29 is 9.90 Å². The molecule has 2 N–H and O–H groups in total. The van der Waals surface area contributed by atoms with E-state index in [9.17, 15) is 9.90 Å². The molecule has 2 aliphatic rings. The molecule has 1 aliphatic carbocycles. The first kappa shape index (κ1) is 15.0. The number of hydrogen-bond acceptors (Lipinski definition) is 4. The van der Waals surface area contributed by atoms with E-state index in [2.05, 4.69) is 24.1 Å². The maximum atomic E-state index is 12.1. The standard InChI is InChI=1S/C16H24N2O2S/c1-15(2)9-16(11-19)10-18(7-13(15)16)8-14(20)17-6-12-4-3-5-21-12/h3-5,13,19H,6-11H2,1-2H3,(H,17,20)/t13-,16-/m1/s1. The Hall–Kier alpha value is -0.910. The molecule has 116 valence electrons. The topological polar surface area (TPSA) is 52.6 Å². The molecule has 0 unspecified atom stereocenters. The van der Waals surface area contributed by atoms with Gasteiger partial charge in [-0.3, -0.25) is 9.69 Å². The first-order valence-electron chi connectivity index (χ1n) is 7.57. The third-order valence-corrected chi connectivity index (χ3v) is 6.07. The van der Waals surface area contributed by atoms with Crippen LogP contribution in [-0.4, -0.2) is 42.2 Å². The molecular weight excluding hydrogens is 284 g/mol. The summed E-state index contributed by atoms with van der Waals surface area (Å²) in [4.78, 5) is 15.5. The summed E-state index contributed by atoms with van der Waals surface area (Å²) in [5.41, 5.74) is 0.336. The summed E-state index contributed by atoms with van der Waals surface area (Å²) in [6.45, 7) is 7.63. The van der Waals surface area contributed by atoms with E-state index in [0.717, 1.165) is 19.5 Å².